The van der Waals surface area contributed by atoms with Crippen LogP contribution in [0.5, 0.6) is 0 Å². The van der Waals surface area contributed by atoms with Crippen molar-refractivity contribution in [2.75, 3.05) is 45.9 Å². The van der Waals surface area contributed by atoms with Gasteiger partial charge in [0.25, 0.3) is 0 Å². The molecule has 0 aromatic heterocycles. The summed E-state index contributed by atoms with van der Waals surface area (Å²) in [6.07, 6.45) is 1.30. The predicted octanol–water partition coefficient (Wildman–Crippen LogP) is 1.14. The Kier molecular flexibility index (Phi) is 9.12. The standard InChI is InChI=1S/C14H27N3O2.2ClH/c1-12(2)11-16-5-7-17(8-6-16)13(18)14(15)3-9-19-10-4-14;;/h12H,3-11,15H2,1-2H3;2*1H. The molecule has 1 amide bonds. The number of halogens is 2. The lowest BCUT2D eigenvalue weighted by Gasteiger charge is -2.41. The largest absolute Gasteiger partial charge is 0.381 e. The van der Waals surface area contributed by atoms with Gasteiger partial charge in [-0.25, -0.2) is 0 Å². The normalized spacial score (nSPS) is 22.4. The number of hydrogen-bond donors (Lipinski definition) is 1. The van der Waals surface area contributed by atoms with Crippen molar-refractivity contribution < 1.29 is 9.53 Å². The molecule has 0 aromatic rings. The van der Waals surface area contributed by atoms with E-state index in [0.717, 1.165) is 32.7 Å². The average molecular weight is 342 g/mol. The Morgan fingerprint density at radius 3 is 2.14 bits per heavy atom. The highest BCUT2D eigenvalue weighted by atomic mass is 35.5. The van der Waals surface area contributed by atoms with Crippen molar-refractivity contribution in [2.24, 2.45) is 11.7 Å². The summed E-state index contributed by atoms with van der Waals surface area (Å²) in [4.78, 5) is 16.9. The van der Waals surface area contributed by atoms with Crippen LogP contribution >= 0.6 is 24.8 Å². The number of carbonyl (C=O) groups excluding carboxylic acids is 1. The zero-order valence-corrected chi connectivity index (χ0v) is 14.7. The summed E-state index contributed by atoms with van der Waals surface area (Å²) >= 11 is 0. The van der Waals surface area contributed by atoms with E-state index < -0.39 is 5.54 Å². The third kappa shape index (κ3) is 5.57. The molecule has 0 saturated carbocycles. The van der Waals surface area contributed by atoms with Crippen molar-refractivity contribution in [1.82, 2.24) is 9.80 Å². The lowest BCUT2D eigenvalue weighted by atomic mass is 9.89. The third-order valence-electron chi connectivity index (χ3n) is 4.09. The fourth-order valence-corrected chi connectivity index (χ4v) is 2.91. The smallest absolute Gasteiger partial charge is 0.242 e. The molecule has 2 aliphatic heterocycles. The predicted molar refractivity (Wildman–Crippen MR) is 89.3 cm³/mol. The molecule has 0 bridgehead atoms. The van der Waals surface area contributed by atoms with Gasteiger partial charge in [-0.15, -0.1) is 24.8 Å². The van der Waals surface area contributed by atoms with Gasteiger partial charge >= 0.3 is 0 Å². The van der Waals surface area contributed by atoms with E-state index >= 15 is 0 Å². The first-order valence-corrected chi connectivity index (χ1v) is 7.39. The second kappa shape index (κ2) is 9.16. The average Bonchev–Trinajstić information content (AvgIpc) is 2.39. The number of piperazine rings is 1. The van der Waals surface area contributed by atoms with Crippen LogP contribution in [0.25, 0.3) is 0 Å². The Hall–Kier alpha value is -0.0700. The van der Waals surface area contributed by atoms with E-state index in [9.17, 15) is 4.79 Å². The van der Waals surface area contributed by atoms with Crippen molar-refractivity contribution in [3.8, 4) is 0 Å². The lowest BCUT2D eigenvalue weighted by molar-refractivity contribution is -0.142. The first-order chi connectivity index (χ1) is 9.01. The topological polar surface area (TPSA) is 58.8 Å². The monoisotopic (exact) mass is 341 g/mol. The zero-order valence-electron chi connectivity index (χ0n) is 13.0. The van der Waals surface area contributed by atoms with Gasteiger partial charge < -0.3 is 15.4 Å². The fourth-order valence-electron chi connectivity index (χ4n) is 2.91. The Bertz CT molecular complexity index is 315. The maximum Gasteiger partial charge on any atom is 0.242 e. The zero-order chi connectivity index (χ0) is 13.9. The van der Waals surface area contributed by atoms with E-state index in [2.05, 4.69) is 18.7 Å². The number of rotatable bonds is 3. The number of carbonyl (C=O) groups is 1. The van der Waals surface area contributed by atoms with Crippen LogP contribution in [0.3, 0.4) is 0 Å². The van der Waals surface area contributed by atoms with E-state index in [-0.39, 0.29) is 30.7 Å². The molecule has 2 N–H and O–H groups in total. The van der Waals surface area contributed by atoms with Gasteiger partial charge in [-0.05, 0) is 18.8 Å². The van der Waals surface area contributed by atoms with Crippen LogP contribution in [-0.2, 0) is 9.53 Å². The molecular formula is C14H29Cl2N3O2. The van der Waals surface area contributed by atoms with Crippen LogP contribution in [0.2, 0.25) is 0 Å². The number of ether oxygens (including phenoxy) is 1. The minimum Gasteiger partial charge on any atom is -0.381 e. The molecule has 0 unspecified atom stereocenters. The first kappa shape index (κ1) is 20.9. The molecule has 2 rings (SSSR count). The van der Waals surface area contributed by atoms with Crippen molar-refractivity contribution in [3.63, 3.8) is 0 Å². The molecule has 0 aliphatic carbocycles. The fraction of sp³-hybridized carbons (Fsp3) is 0.929. The van der Waals surface area contributed by atoms with Crippen LogP contribution in [0.1, 0.15) is 26.7 Å². The van der Waals surface area contributed by atoms with Gasteiger partial charge in [0, 0.05) is 45.9 Å². The molecular weight excluding hydrogens is 313 g/mol. The van der Waals surface area contributed by atoms with Gasteiger partial charge in [0.1, 0.15) is 0 Å². The molecule has 2 heterocycles. The van der Waals surface area contributed by atoms with E-state index in [1.165, 1.54) is 0 Å². The van der Waals surface area contributed by atoms with Gasteiger partial charge in [0.05, 0.1) is 5.54 Å². The molecule has 0 spiro atoms. The molecule has 2 saturated heterocycles. The highest BCUT2D eigenvalue weighted by Crippen LogP contribution is 2.21. The maximum absolute atomic E-state index is 12.5. The SMILES string of the molecule is CC(C)CN1CCN(C(=O)C2(N)CCOCC2)CC1.Cl.Cl. The van der Waals surface area contributed by atoms with Crippen molar-refractivity contribution in [1.29, 1.82) is 0 Å². The maximum atomic E-state index is 12.5. The van der Waals surface area contributed by atoms with Gasteiger partial charge in [-0.2, -0.15) is 0 Å². The molecule has 7 heteroatoms. The summed E-state index contributed by atoms with van der Waals surface area (Å²) in [6.45, 7) is 10.3. The van der Waals surface area contributed by atoms with Crippen molar-refractivity contribution in [2.45, 2.75) is 32.2 Å². The summed E-state index contributed by atoms with van der Waals surface area (Å²) in [5.41, 5.74) is 5.58. The number of hydrogen-bond acceptors (Lipinski definition) is 4. The first-order valence-electron chi connectivity index (χ1n) is 7.39. The van der Waals surface area contributed by atoms with Crippen molar-refractivity contribution >= 4 is 30.7 Å². The van der Waals surface area contributed by atoms with Crippen LogP contribution in [-0.4, -0.2) is 67.2 Å². The molecule has 5 nitrogen and oxygen atoms in total. The Morgan fingerprint density at radius 2 is 1.67 bits per heavy atom. The Labute approximate surface area is 140 Å². The summed E-state index contributed by atoms with van der Waals surface area (Å²) in [5, 5.41) is 0. The van der Waals surface area contributed by atoms with Crippen LogP contribution in [0.4, 0.5) is 0 Å². The minimum absolute atomic E-state index is 0. The summed E-state index contributed by atoms with van der Waals surface area (Å²) in [7, 11) is 0. The van der Waals surface area contributed by atoms with E-state index in [0.29, 0.717) is 32.0 Å². The van der Waals surface area contributed by atoms with Gasteiger partial charge in [-0.3, -0.25) is 9.69 Å². The highest BCUT2D eigenvalue weighted by Gasteiger charge is 2.39. The Morgan fingerprint density at radius 1 is 1.14 bits per heavy atom. The number of amides is 1. The molecule has 21 heavy (non-hydrogen) atoms. The molecule has 0 aromatic carbocycles. The van der Waals surface area contributed by atoms with Crippen molar-refractivity contribution in [3.05, 3.63) is 0 Å². The quantitative estimate of drug-likeness (QED) is 0.836. The molecule has 2 fully saturated rings. The summed E-state index contributed by atoms with van der Waals surface area (Å²) in [6, 6.07) is 0. The minimum atomic E-state index is -0.682. The lowest BCUT2D eigenvalue weighted by Crippen LogP contribution is -2.61. The molecule has 0 radical (unpaired) electrons. The number of nitrogens with two attached hydrogens (primary N) is 1. The van der Waals surface area contributed by atoms with Crippen LogP contribution < -0.4 is 5.73 Å². The molecule has 0 atom stereocenters. The van der Waals surface area contributed by atoms with Gasteiger partial charge in [-0.1, -0.05) is 13.8 Å². The number of nitrogens with zero attached hydrogens (tertiary/aromatic N) is 2. The van der Waals surface area contributed by atoms with E-state index in [4.69, 9.17) is 10.5 Å². The summed E-state index contributed by atoms with van der Waals surface area (Å²) < 4.78 is 5.30. The second-order valence-electron chi connectivity index (χ2n) is 6.26. The van der Waals surface area contributed by atoms with Crippen LogP contribution in [0, 0.1) is 5.92 Å². The Balaban J connectivity index is 0.00000200. The van der Waals surface area contributed by atoms with Gasteiger partial charge in [0.15, 0.2) is 0 Å². The highest BCUT2D eigenvalue weighted by molar-refractivity contribution is 5.86. The summed E-state index contributed by atoms with van der Waals surface area (Å²) in [5.74, 6) is 0.804. The van der Waals surface area contributed by atoms with Gasteiger partial charge in [0.2, 0.25) is 5.91 Å². The second-order valence-corrected chi connectivity index (χ2v) is 6.26. The third-order valence-corrected chi connectivity index (χ3v) is 4.09. The van der Waals surface area contributed by atoms with E-state index in [1.54, 1.807) is 0 Å². The molecule has 126 valence electrons. The van der Waals surface area contributed by atoms with E-state index in [1.807, 2.05) is 4.90 Å². The molecule has 2 aliphatic rings. The van der Waals surface area contributed by atoms with Crippen LogP contribution in [0.15, 0.2) is 0 Å².